The van der Waals surface area contributed by atoms with Crippen LogP contribution in [0.4, 0.5) is 0 Å². The van der Waals surface area contributed by atoms with E-state index in [-0.39, 0.29) is 0 Å². The lowest BCUT2D eigenvalue weighted by atomic mass is 10.0. The van der Waals surface area contributed by atoms with E-state index in [0.29, 0.717) is 0 Å². The summed E-state index contributed by atoms with van der Waals surface area (Å²) in [6.07, 6.45) is 18.8. The van der Waals surface area contributed by atoms with Crippen LogP contribution in [0.3, 0.4) is 0 Å². The van der Waals surface area contributed by atoms with Gasteiger partial charge in [0.2, 0.25) is 0 Å². The molecule has 0 atom stereocenters. The fourth-order valence-corrected chi connectivity index (χ4v) is 7.88. The molecule has 0 aliphatic carbocycles. The zero-order chi connectivity index (χ0) is 18.4. The minimum atomic E-state index is -1.35. The Kier molecular flexibility index (Phi) is 12.3. The smallest absolute Gasteiger partial charge is 0.131 e. The molecule has 1 aromatic rings. The molecule has 146 valence electrons. The molecule has 1 heterocycles. The van der Waals surface area contributed by atoms with Crippen molar-refractivity contribution in [2.24, 2.45) is 0 Å². The van der Waals surface area contributed by atoms with Crippen LogP contribution in [-0.4, -0.2) is 8.07 Å². The van der Waals surface area contributed by atoms with E-state index < -0.39 is 8.07 Å². The first-order chi connectivity index (χ1) is 12.2. The van der Waals surface area contributed by atoms with Gasteiger partial charge in [0.15, 0.2) is 0 Å². The van der Waals surface area contributed by atoms with Crippen molar-refractivity contribution < 1.29 is 4.42 Å². The Hall–Kier alpha value is -0.503. The topological polar surface area (TPSA) is 13.1 Å². The Labute approximate surface area is 159 Å². The van der Waals surface area contributed by atoms with Crippen LogP contribution in [0.25, 0.3) is 0 Å². The van der Waals surface area contributed by atoms with E-state index in [0.717, 1.165) is 0 Å². The van der Waals surface area contributed by atoms with Crippen LogP contribution in [0.2, 0.25) is 18.1 Å². The monoisotopic (exact) mass is 364 g/mol. The van der Waals surface area contributed by atoms with Gasteiger partial charge in [-0.05, 0) is 24.5 Å². The summed E-state index contributed by atoms with van der Waals surface area (Å²) in [7, 11) is -1.35. The molecule has 0 aliphatic rings. The van der Waals surface area contributed by atoms with Crippen molar-refractivity contribution in [3.8, 4) is 0 Å². The highest BCUT2D eigenvalue weighted by atomic mass is 28.3. The van der Waals surface area contributed by atoms with E-state index in [1.807, 2.05) is 6.26 Å². The molecule has 0 fully saturated rings. The first-order valence-electron chi connectivity index (χ1n) is 11.3. The fraction of sp³-hybridized carbons (Fsp3) is 0.826. The number of rotatable bonds is 16. The summed E-state index contributed by atoms with van der Waals surface area (Å²) >= 11 is 0. The molecule has 0 aromatic carbocycles. The molecule has 0 saturated heterocycles. The number of aryl methyl sites for hydroxylation is 1. The third-order valence-electron chi connectivity index (χ3n) is 6.31. The molecule has 0 spiro atoms. The van der Waals surface area contributed by atoms with Crippen LogP contribution < -0.4 is 5.38 Å². The highest BCUT2D eigenvalue weighted by Gasteiger charge is 2.34. The summed E-state index contributed by atoms with van der Waals surface area (Å²) < 4.78 is 6.01. The van der Waals surface area contributed by atoms with Crippen LogP contribution >= 0.6 is 0 Å². The molecule has 0 saturated carbocycles. The molecule has 0 N–H and O–H groups in total. The van der Waals surface area contributed by atoms with E-state index in [4.69, 9.17) is 4.42 Å². The Bertz CT molecular complexity index is 411. The lowest BCUT2D eigenvalue weighted by Crippen LogP contribution is -2.46. The molecule has 2 heteroatoms. The Morgan fingerprint density at radius 1 is 0.680 bits per heavy atom. The molecular formula is C23H44OSi. The summed E-state index contributed by atoms with van der Waals surface area (Å²) in [6.45, 7) is 9.40. The Balaban J connectivity index is 2.18. The van der Waals surface area contributed by atoms with E-state index in [1.54, 1.807) is 0 Å². The van der Waals surface area contributed by atoms with Crippen molar-refractivity contribution in [2.75, 3.05) is 0 Å². The molecular weight excluding hydrogens is 320 g/mol. The van der Waals surface area contributed by atoms with E-state index >= 15 is 0 Å². The van der Waals surface area contributed by atoms with Gasteiger partial charge in [0.1, 0.15) is 8.07 Å². The van der Waals surface area contributed by atoms with E-state index in [2.05, 4.69) is 33.8 Å². The van der Waals surface area contributed by atoms with Crippen molar-refractivity contribution in [3.05, 3.63) is 17.9 Å². The molecule has 1 nitrogen and oxygen atoms in total. The van der Waals surface area contributed by atoms with Gasteiger partial charge in [0.05, 0.1) is 11.6 Å². The summed E-state index contributed by atoms with van der Waals surface area (Å²) in [4.78, 5) is 0. The second kappa shape index (κ2) is 13.7. The second-order valence-corrected chi connectivity index (χ2v) is 13.0. The lowest BCUT2D eigenvalue weighted by Gasteiger charge is -2.26. The lowest BCUT2D eigenvalue weighted by molar-refractivity contribution is 0.549. The average molecular weight is 365 g/mol. The van der Waals surface area contributed by atoms with Gasteiger partial charge in [-0.2, -0.15) is 0 Å². The molecule has 0 unspecified atom stereocenters. The van der Waals surface area contributed by atoms with Crippen molar-refractivity contribution in [1.29, 1.82) is 0 Å². The molecule has 0 amide bonds. The first-order valence-corrected chi connectivity index (χ1v) is 13.9. The molecule has 25 heavy (non-hydrogen) atoms. The van der Waals surface area contributed by atoms with Gasteiger partial charge >= 0.3 is 0 Å². The predicted molar refractivity (Wildman–Crippen MR) is 116 cm³/mol. The Morgan fingerprint density at radius 3 is 1.64 bits per heavy atom. The minimum Gasteiger partial charge on any atom is -0.474 e. The SMILES string of the molecule is CCCCCCCCCCCCCc1ccoc1[Si](CC)(CC)CC. The zero-order valence-electron chi connectivity index (χ0n) is 17.7. The van der Waals surface area contributed by atoms with Crippen molar-refractivity contribution in [3.63, 3.8) is 0 Å². The quantitative estimate of drug-likeness (QED) is 0.215. The zero-order valence-corrected chi connectivity index (χ0v) is 18.7. The van der Waals surface area contributed by atoms with Crippen LogP contribution in [0, 0.1) is 0 Å². The van der Waals surface area contributed by atoms with Crippen molar-refractivity contribution >= 4 is 13.5 Å². The van der Waals surface area contributed by atoms with E-state index in [1.165, 1.54) is 106 Å². The molecule has 1 rings (SSSR count). The third-order valence-corrected chi connectivity index (χ3v) is 11.8. The van der Waals surface area contributed by atoms with Crippen molar-refractivity contribution in [1.82, 2.24) is 0 Å². The van der Waals surface area contributed by atoms with Gasteiger partial charge in [0.25, 0.3) is 0 Å². The fourth-order valence-electron chi connectivity index (χ4n) is 4.21. The maximum absolute atomic E-state index is 6.01. The third kappa shape index (κ3) is 7.72. The average Bonchev–Trinajstić information content (AvgIpc) is 3.11. The van der Waals surface area contributed by atoms with Gasteiger partial charge in [-0.25, -0.2) is 0 Å². The molecule has 1 aromatic heterocycles. The van der Waals surface area contributed by atoms with E-state index in [9.17, 15) is 0 Å². The molecule has 0 radical (unpaired) electrons. The standard InChI is InChI=1S/C23H44OSi/c1-5-9-10-11-12-13-14-15-16-17-18-19-22-20-21-24-23(22)25(6-2,7-3)8-4/h20-21H,5-19H2,1-4H3. The maximum Gasteiger partial charge on any atom is 0.131 e. The Morgan fingerprint density at radius 2 is 1.16 bits per heavy atom. The van der Waals surface area contributed by atoms with Gasteiger partial charge < -0.3 is 4.42 Å². The summed E-state index contributed by atoms with van der Waals surface area (Å²) in [5, 5.41) is 1.42. The van der Waals surface area contributed by atoms with Gasteiger partial charge in [-0.15, -0.1) is 0 Å². The maximum atomic E-state index is 6.01. The summed E-state index contributed by atoms with van der Waals surface area (Å²) in [5.41, 5.74) is 1.54. The van der Waals surface area contributed by atoms with Crippen molar-refractivity contribution in [2.45, 2.75) is 123 Å². The first kappa shape index (κ1) is 22.5. The second-order valence-electron chi connectivity index (χ2n) is 7.90. The number of unbranched alkanes of at least 4 members (excludes halogenated alkanes) is 10. The normalized spacial score (nSPS) is 12.0. The van der Waals surface area contributed by atoms with Gasteiger partial charge in [0, 0.05) is 0 Å². The number of hydrogen-bond acceptors (Lipinski definition) is 1. The number of hydrogen-bond donors (Lipinski definition) is 0. The van der Waals surface area contributed by atoms with Crippen LogP contribution in [0.15, 0.2) is 16.7 Å². The van der Waals surface area contributed by atoms with Crippen LogP contribution in [-0.2, 0) is 6.42 Å². The van der Waals surface area contributed by atoms with Crippen LogP contribution in [0.1, 0.15) is 104 Å². The van der Waals surface area contributed by atoms with Gasteiger partial charge in [-0.3, -0.25) is 0 Å². The van der Waals surface area contributed by atoms with Gasteiger partial charge in [-0.1, -0.05) is 110 Å². The highest BCUT2D eigenvalue weighted by Crippen LogP contribution is 2.23. The molecule has 0 aliphatic heterocycles. The largest absolute Gasteiger partial charge is 0.474 e. The minimum absolute atomic E-state index is 1.23. The highest BCUT2D eigenvalue weighted by molar-refractivity contribution is 6.91. The summed E-state index contributed by atoms with van der Waals surface area (Å²) in [5.74, 6) is 0. The number of furan rings is 1. The summed E-state index contributed by atoms with van der Waals surface area (Å²) in [6, 6.07) is 6.21. The predicted octanol–water partition coefficient (Wildman–Crippen LogP) is 7.85. The molecule has 0 bridgehead atoms. The van der Waals surface area contributed by atoms with Crippen LogP contribution in [0.5, 0.6) is 0 Å².